The van der Waals surface area contributed by atoms with Gasteiger partial charge in [0.25, 0.3) is 0 Å². The quantitative estimate of drug-likeness (QED) is 0.519. The monoisotopic (exact) mass is 498 g/mol. The number of allylic oxidation sites excluding steroid dienone is 1. The Labute approximate surface area is 201 Å². The van der Waals surface area contributed by atoms with Gasteiger partial charge in [-0.25, -0.2) is 18.0 Å². The van der Waals surface area contributed by atoms with Crippen LogP contribution < -0.4 is 5.32 Å². The van der Waals surface area contributed by atoms with Crippen LogP contribution in [-0.4, -0.2) is 46.4 Å². The molecule has 1 aliphatic rings. The lowest BCUT2D eigenvalue weighted by Gasteiger charge is -2.30. The van der Waals surface area contributed by atoms with Gasteiger partial charge in [-0.3, -0.25) is 10.2 Å². The summed E-state index contributed by atoms with van der Waals surface area (Å²) < 4.78 is 29.1. The maximum Gasteiger partial charge on any atom is 0.412 e. The van der Waals surface area contributed by atoms with E-state index in [1.807, 2.05) is 11.8 Å². The third kappa shape index (κ3) is 7.68. The number of amides is 3. The highest BCUT2D eigenvalue weighted by atomic mass is 35.5. The molecule has 0 saturated heterocycles. The molecule has 2 rings (SSSR count). The van der Waals surface area contributed by atoms with Gasteiger partial charge in [-0.2, -0.15) is 4.31 Å². The van der Waals surface area contributed by atoms with Crippen molar-refractivity contribution in [3.05, 3.63) is 53.5 Å². The van der Waals surface area contributed by atoms with E-state index in [0.29, 0.717) is 28.0 Å². The Bertz CT molecular complexity index is 995. The summed E-state index contributed by atoms with van der Waals surface area (Å²) in [6, 6.07) is 4.44. The smallest absolute Gasteiger partial charge is 0.412 e. The summed E-state index contributed by atoms with van der Waals surface area (Å²) in [6.07, 6.45) is 6.69. The number of carbonyl (C=O) groups excluding carboxylic acids is 2. The molecule has 9 nitrogen and oxygen atoms in total. The van der Waals surface area contributed by atoms with Crippen LogP contribution in [0.2, 0.25) is 5.02 Å². The van der Waals surface area contributed by atoms with Crippen molar-refractivity contribution >= 4 is 40.3 Å². The average molecular weight is 499 g/mol. The van der Waals surface area contributed by atoms with Gasteiger partial charge in [0.15, 0.2) is 0 Å². The zero-order chi connectivity index (χ0) is 24.8. The maximum atomic E-state index is 12.8. The molecule has 1 N–H and O–H groups in total. The number of anilines is 1. The van der Waals surface area contributed by atoms with E-state index in [2.05, 4.69) is 5.32 Å². The number of carbonyl (C=O) groups is 2. The predicted molar refractivity (Wildman–Crippen MR) is 129 cm³/mol. The summed E-state index contributed by atoms with van der Waals surface area (Å²) in [4.78, 5) is 27.9. The van der Waals surface area contributed by atoms with Crippen molar-refractivity contribution in [2.24, 2.45) is 0 Å². The van der Waals surface area contributed by atoms with Crippen molar-refractivity contribution in [2.75, 3.05) is 5.32 Å². The molecule has 0 saturated carbocycles. The number of benzene rings is 1. The Morgan fingerprint density at radius 2 is 1.97 bits per heavy atom. The predicted octanol–water partition coefficient (Wildman–Crippen LogP) is 4.88. The summed E-state index contributed by atoms with van der Waals surface area (Å²) in [7, 11) is -3.11. The van der Waals surface area contributed by atoms with Gasteiger partial charge in [0.1, 0.15) is 11.8 Å². The van der Waals surface area contributed by atoms with Gasteiger partial charge in [-0.15, -0.1) is 0 Å². The summed E-state index contributed by atoms with van der Waals surface area (Å²) in [5.74, 6) is 0. The van der Waals surface area contributed by atoms with Gasteiger partial charge in [0.05, 0.1) is 0 Å². The minimum absolute atomic E-state index is 0.377. The Morgan fingerprint density at radius 1 is 1.27 bits per heavy atom. The molecule has 0 spiro atoms. The van der Waals surface area contributed by atoms with Crippen LogP contribution in [0.25, 0.3) is 0 Å². The second kappa shape index (κ2) is 11.4. The van der Waals surface area contributed by atoms with Crippen LogP contribution >= 0.6 is 11.6 Å². The Balaban J connectivity index is 2.05. The van der Waals surface area contributed by atoms with Crippen LogP contribution in [0.5, 0.6) is 0 Å². The molecule has 0 bridgehead atoms. The second-order valence-electron chi connectivity index (χ2n) is 8.48. The van der Waals surface area contributed by atoms with Crippen molar-refractivity contribution in [3.8, 4) is 0 Å². The third-order valence-corrected chi connectivity index (χ3v) is 5.66. The van der Waals surface area contributed by atoms with E-state index in [-0.39, 0.29) is 0 Å². The van der Waals surface area contributed by atoms with Crippen LogP contribution in [-0.2, 0) is 22.2 Å². The molecular formula is C22H31ClN4O5S. The van der Waals surface area contributed by atoms with E-state index >= 15 is 0 Å². The highest BCUT2D eigenvalue weighted by molar-refractivity contribution is 7.70. The van der Waals surface area contributed by atoms with Gasteiger partial charge in [-0.05, 0) is 51.8 Å². The molecule has 0 radical (unpaired) electrons. The first-order chi connectivity index (χ1) is 15.4. The summed E-state index contributed by atoms with van der Waals surface area (Å²) in [6.45, 7) is 9.45. The zero-order valence-corrected chi connectivity index (χ0v) is 21.1. The number of ether oxygens (including phenoxy) is 1. The van der Waals surface area contributed by atoms with Gasteiger partial charge < -0.3 is 9.64 Å². The number of nitrogens with one attached hydrogen (secondary N) is 1. The molecule has 0 aliphatic carbocycles. The number of hydrogen-bond acceptors (Lipinski definition) is 6. The van der Waals surface area contributed by atoms with Crippen LogP contribution in [0.4, 0.5) is 15.3 Å². The maximum absolute atomic E-state index is 12.8. The van der Waals surface area contributed by atoms with Crippen molar-refractivity contribution in [1.82, 2.24) is 14.1 Å². The summed E-state index contributed by atoms with van der Waals surface area (Å²) in [5, 5.41) is 3.07. The Morgan fingerprint density at radius 3 is 2.55 bits per heavy atom. The summed E-state index contributed by atoms with van der Waals surface area (Å²) in [5.41, 5.74) is 0.649. The first-order valence-electron chi connectivity index (χ1n) is 10.6. The van der Waals surface area contributed by atoms with E-state index < -0.39 is 34.8 Å². The van der Waals surface area contributed by atoms with E-state index in [4.69, 9.17) is 16.3 Å². The number of hydrogen-bond donors (Lipinski definition) is 2. The average Bonchev–Trinajstić information content (AvgIpc) is 3.05. The molecule has 0 aromatic heterocycles. The molecule has 0 fully saturated rings. The number of unbranched alkanes of at least 4 members (excludes halogenated alkanes) is 1. The number of urea groups is 1. The standard InChI is InChI=1S/C22H31ClN4O5S/c1-6-7-8-11-27(33(30)31)21(29)26-13-12-25(16(26)2)15-17-9-10-18(14-19(17)23)24-20(28)32-22(3,4)5/h8-14,16,33H,6-7,15H2,1-5H3,(H,24,28)/b11-8+. The number of thiol groups is 1. The molecular weight excluding hydrogens is 468 g/mol. The third-order valence-electron chi connectivity index (χ3n) is 4.65. The molecule has 33 heavy (non-hydrogen) atoms. The van der Waals surface area contributed by atoms with Crippen LogP contribution in [0.15, 0.2) is 42.9 Å². The molecule has 3 amide bonds. The molecule has 182 valence electrons. The lowest BCUT2D eigenvalue weighted by Crippen LogP contribution is -2.44. The largest absolute Gasteiger partial charge is 0.444 e. The molecule has 1 heterocycles. The molecule has 11 heteroatoms. The van der Waals surface area contributed by atoms with Crippen molar-refractivity contribution < 1.29 is 22.7 Å². The SMILES string of the molecule is CCC/C=C/N(C(=O)N1C=CN(Cc2ccc(NC(=O)OC(C)(C)C)cc2Cl)C1C)[SH](=O)=O. The van der Waals surface area contributed by atoms with Gasteiger partial charge in [0, 0.05) is 35.9 Å². The molecule has 1 aromatic carbocycles. The van der Waals surface area contributed by atoms with Gasteiger partial charge in [-0.1, -0.05) is 37.1 Å². The number of nitrogens with zero attached hydrogens (tertiary/aromatic N) is 3. The van der Waals surface area contributed by atoms with Gasteiger partial charge >= 0.3 is 12.1 Å². The number of rotatable bonds is 7. The molecule has 1 atom stereocenters. The van der Waals surface area contributed by atoms with Crippen molar-refractivity contribution in [3.63, 3.8) is 0 Å². The second-order valence-corrected chi connectivity index (χ2v) is 9.79. The Kier molecular flexibility index (Phi) is 9.18. The molecule has 1 aromatic rings. The first-order valence-corrected chi connectivity index (χ1v) is 12.1. The van der Waals surface area contributed by atoms with E-state index in [9.17, 15) is 18.0 Å². The van der Waals surface area contributed by atoms with Crippen molar-refractivity contribution in [1.29, 1.82) is 0 Å². The Hall–Kier alpha value is -2.72. The highest BCUT2D eigenvalue weighted by Gasteiger charge is 2.31. The molecule has 1 unspecified atom stereocenters. The topological polar surface area (TPSA) is 99.3 Å². The fourth-order valence-corrected chi connectivity index (χ4v) is 3.68. The molecule has 1 aliphatic heterocycles. The van der Waals surface area contributed by atoms with Gasteiger partial charge in [0.2, 0.25) is 10.9 Å². The van der Waals surface area contributed by atoms with Crippen LogP contribution in [0.1, 0.15) is 53.0 Å². The lowest BCUT2D eigenvalue weighted by molar-refractivity contribution is 0.0636. The normalized spacial score (nSPS) is 16.0. The van der Waals surface area contributed by atoms with Crippen LogP contribution in [0.3, 0.4) is 0 Å². The fourth-order valence-electron chi connectivity index (χ4n) is 2.99. The summed E-state index contributed by atoms with van der Waals surface area (Å²) >= 11 is 6.41. The van der Waals surface area contributed by atoms with E-state index in [0.717, 1.165) is 12.0 Å². The fraction of sp³-hybridized carbons (Fsp3) is 0.455. The first kappa shape index (κ1) is 26.5. The van der Waals surface area contributed by atoms with Crippen molar-refractivity contribution in [2.45, 2.75) is 65.8 Å². The van der Waals surface area contributed by atoms with E-state index in [1.165, 1.54) is 11.1 Å². The minimum Gasteiger partial charge on any atom is -0.444 e. The number of halogens is 1. The highest BCUT2D eigenvalue weighted by Crippen LogP contribution is 2.26. The van der Waals surface area contributed by atoms with E-state index in [1.54, 1.807) is 64.4 Å². The zero-order valence-electron chi connectivity index (χ0n) is 19.4. The lowest BCUT2D eigenvalue weighted by atomic mass is 10.2. The minimum atomic E-state index is -3.11. The van der Waals surface area contributed by atoms with Crippen LogP contribution in [0, 0.1) is 0 Å².